The molecule has 1 aromatic carbocycles. The maximum atomic E-state index is 13.0. The first-order valence-corrected chi connectivity index (χ1v) is 8.66. The molecule has 0 spiro atoms. The Balaban J connectivity index is 1.97. The molecule has 3 aromatic heterocycles. The fourth-order valence-corrected chi connectivity index (χ4v) is 3.79. The first-order chi connectivity index (χ1) is 12.8. The van der Waals surface area contributed by atoms with Crippen LogP contribution in [0.5, 0.6) is 6.01 Å². The Hall–Kier alpha value is -3.00. The number of hydrogen-bond donors (Lipinski definition) is 0. The SMILES string of the molecule is COc1nc2c(c(=O)n(Cc3cc4cccc(Cl)c4n3C)c(=O)n2C)n1C. The molecular formula is C18H18ClN5O3. The number of aryl methyl sites for hydroxylation is 3. The molecule has 0 amide bonds. The highest BCUT2D eigenvalue weighted by Crippen LogP contribution is 2.26. The lowest BCUT2D eigenvalue weighted by molar-refractivity contribution is 0.368. The molecule has 27 heavy (non-hydrogen) atoms. The molecule has 0 aliphatic rings. The molecule has 0 atom stereocenters. The van der Waals surface area contributed by atoms with Crippen LogP contribution < -0.4 is 16.0 Å². The monoisotopic (exact) mass is 387 g/mol. The molecule has 3 heterocycles. The van der Waals surface area contributed by atoms with E-state index in [1.54, 1.807) is 18.7 Å². The van der Waals surface area contributed by atoms with Gasteiger partial charge in [-0.05, 0) is 12.1 Å². The minimum atomic E-state index is -0.440. The van der Waals surface area contributed by atoms with Gasteiger partial charge in [0.2, 0.25) is 0 Å². The Morgan fingerprint density at radius 1 is 1.07 bits per heavy atom. The van der Waals surface area contributed by atoms with Gasteiger partial charge in [0.25, 0.3) is 11.6 Å². The zero-order valence-electron chi connectivity index (χ0n) is 15.4. The molecule has 0 N–H and O–H groups in total. The lowest BCUT2D eigenvalue weighted by Crippen LogP contribution is -2.40. The quantitative estimate of drug-likeness (QED) is 0.535. The lowest BCUT2D eigenvalue weighted by atomic mass is 10.2. The molecule has 9 heteroatoms. The smallest absolute Gasteiger partial charge is 0.332 e. The van der Waals surface area contributed by atoms with E-state index in [4.69, 9.17) is 16.3 Å². The van der Waals surface area contributed by atoms with Crippen LogP contribution in [-0.4, -0.2) is 30.4 Å². The Bertz CT molecular complexity index is 1330. The van der Waals surface area contributed by atoms with Crippen molar-refractivity contribution in [2.75, 3.05) is 7.11 Å². The predicted octanol–water partition coefficient (Wildman–Crippen LogP) is 1.64. The highest BCUT2D eigenvalue weighted by Gasteiger charge is 2.20. The van der Waals surface area contributed by atoms with Gasteiger partial charge in [-0.15, -0.1) is 0 Å². The van der Waals surface area contributed by atoms with Crippen molar-refractivity contribution in [1.29, 1.82) is 0 Å². The zero-order valence-corrected chi connectivity index (χ0v) is 16.1. The summed E-state index contributed by atoms with van der Waals surface area (Å²) in [5.41, 5.74) is 1.41. The summed E-state index contributed by atoms with van der Waals surface area (Å²) in [6.07, 6.45) is 0. The van der Waals surface area contributed by atoms with Gasteiger partial charge < -0.3 is 9.30 Å². The number of hydrogen-bond acceptors (Lipinski definition) is 4. The van der Waals surface area contributed by atoms with Crippen LogP contribution in [0.25, 0.3) is 22.1 Å². The molecule has 0 aliphatic heterocycles. The first kappa shape index (κ1) is 17.4. The Labute approximate surface area is 158 Å². The van der Waals surface area contributed by atoms with Gasteiger partial charge in [0, 0.05) is 32.2 Å². The van der Waals surface area contributed by atoms with E-state index in [-0.39, 0.29) is 12.6 Å². The van der Waals surface area contributed by atoms with Gasteiger partial charge in [-0.25, -0.2) is 4.79 Å². The standard InChI is InChI=1S/C18H18ClN5O3/c1-21-11(8-10-6-5-7-12(19)13(10)21)9-24-16(25)14-15(23(3)18(24)26)20-17(27-4)22(14)2/h5-8H,9H2,1-4H3. The van der Waals surface area contributed by atoms with E-state index in [1.807, 2.05) is 35.9 Å². The number of benzene rings is 1. The number of imidazole rings is 1. The van der Waals surface area contributed by atoms with E-state index in [1.165, 1.54) is 16.2 Å². The van der Waals surface area contributed by atoms with Crippen LogP contribution in [0.1, 0.15) is 5.69 Å². The van der Waals surface area contributed by atoms with Crippen LogP contribution in [0.15, 0.2) is 33.9 Å². The minimum absolute atomic E-state index is 0.121. The van der Waals surface area contributed by atoms with Gasteiger partial charge in [0.05, 0.1) is 24.2 Å². The summed E-state index contributed by atoms with van der Waals surface area (Å²) in [4.78, 5) is 30.1. The third-order valence-corrected chi connectivity index (χ3v) is 5.23. The van der Waals surface area contributed by atoms with Crippen LogP contribution in [0.2, 0.25) is 5.02 Å². The number of fused-ring (bicyclic) bond motifs is 2. The zero-order chi connectivity index (χ0) is 19.5. The second-order valence-electron chi connectivity index (χ2n) is 6.43. The van der Waals surface area contributed by atoms with Crippen molar-refractivity contribution in [3.63, 3.8) is 0 Å². The third kappa shape index (κ3) is 2.40. The molecular weight excluding hydrogens is 370 g/mol. The van der Waals surface area contributed by atoms with E-state index in [0.717, 1.165) is 16.6 Å². The normalized spacial score (nSPS) is 11.6. The van der Waals surface area contributed by atoms with E-state index >= 15 is 0 Å². The summed E-state index contributed by atoms with van der Waals surface area (Å²) >= 11 is 6.30. The van der Waals surface area contributed by atoms with Gasteiger partial charge in [0.1, 0.15) is 0 Å². The molecule has 0 bridgehead atoms. The summed E-state index contributed by atoms with van der Waals surface area (Å²) in [5, 5.41) is 1.57. The van der Waals surface area contributed by atoms with Crippen LogP contribution in [0.4, 0.5) is 0 Å². The molecule has 0 aliphatic carbocycles. The number of methoxy groups -OCH3 is 1. The van der Waals surface area contributed by atoms with E-state index in [2.05, 4.69) is 4.98 Å². The second kappa shape index (κ2) is 6.02. The highest BCUT2D eigenvalue weighted by molar-refractivity contribution is 6.35. The Morgan fingerprint density at radius 3 is 2.48 bits per heavy atom. The summed E-state index contributed by atoms with van der Waals surface area (Å²) in [5.74, 6) is 0. The molecule has 0 fully saturated rings. The van der Waals surface area contributed by atoms with Gasteiger partial charge in [-0.2, -0.15) is 4.98 Å². The maximum Gasteiger partial charge on any atom is 0.332 e. The number of rotatable bonds is 3. The maximum absolute atomic E-state index is 13.0. The van der Waals surface area contributed by atoms with Crippen LogP contribution >= 0.6 is 11.6 Å². The second-order valence-corrected chi connectivity index (χ2v) is 6.84. The van der Waals surface area contributed by atoms with Gasteiger partial charge in [-0.1, -0.05) is 23.7 Å². The van der Waals surface area contributed by atoms with Crippen LogP contribution in [0.3, 0.4) is 0 Å². The van der Waals surface area contributed by atoms with Crippen LogP contribution in [0, 0.1) is 0 Å². The number of ether oxygens (including phenoxy) is 1. The van der Waals surface area contributed by atoms with Crippen molar-refractivity contribution in [2.45, 2.75) is 6.54 Å². The van der Waals surface area contributed by atoms with E-state index in [0.29, 0.717) is 16.2 Å². The highest BCUT2D eigenvalue weighted by atomic mass is 35.5. The molecule has 8 nitrogen and oxygen atoms in total. The van der Waals surface area contributed by atoms with Gasteiger partial charge >= 0.3 is 5.69 Å². The molecule has 0 radical (unpaired) electrons. The first-order valence-electron chi connectivity index (χ1n) is 8.28. The molecule has 4 aromatic rings. The van der Waals surface area contributed by atoms with Crippen molar-refractivity contribution < 1.29 is 4.74 Å². The average Bonchev–Trinajstić information content (AvgIpc) is 3.15. The fraction of sp³-hybridized carbons (Fsp3) is 0.278. The number of para-hydroxylation sites is 1. The molecule has 0 unspecified atom stereocenters. The summed E-state index contributed by atoms with van der Waals surface area (Å²) < 4.78 is 11.2. The van der Waals surface area contributed by atoms with Crippen molar-refractivity contribution >= 4 is 33.7 Å². The molecule has 140 valence electrons. The lowest BCUT2D eigenvalue weighted by Gasteiger charge is -2.10. The van der Waals surface area contributed by atoms with E-state index < -0.39 is 11.2 Å². The number of halogens is 1. The third-order valence-electron chi connectivity index (χ3n) is 4.93. The van der Waals surface area contributed by atoms with Gasteiger partial charge in [-0.3, -0.25) is 18.5 Å². The summed E-state index contributed by atoms with van der Waals surface area (Å²) in [6, 6.07) is 7.83. The molecule has 0 saturated heterocycles. The Morgan fingerprint density at radius 2 is 1.81 bits per heavy atom. The molecule has 0 saturated carbocycles. The van der Waals surface area contributed by atoms with Crippen molar-refractivity contribution in [3.8, 4) is 6.01 Å². The number of aromatic nitrogens is 5. The van der Waals surface area contributed by atoms with Crippen molar-refractivity contribution in [1.82, 2.24) is 23.3 Å². The Kier molecular flexibility index (Phi) is 3.88. The summed E-state index contributed by atoms with van der Waals surface area (Å²) in [7, 11) is 6.61. The average molecular weight is 388 g/mol. The fourth-order valence-electron chi connectivity index (χ4n) is 3.48. The van der Waals surface area contributed by atoms with Crippen molar-refractivity contribution in [2.24, 2.45) is 21.1 Å². The van der Waals surface area contributed by atoms with E-state index in [9.17, 15) is 9.59 Å². The largest absolute Gasteiger partial charge is 0.468 e. The van der Waals surface area contributed by atoms with Crippen LogP contribution in [-0.2, 0) is 27.7 Å². The number of nitrogens with zero attached hydrogens (tertiary/aromatic N) is 5. The summed E-state index contributed by atoms with van der Waals surface area (Å²) in [6.45, 7) is 0.121. The predicted molar refractivity (Wildman–Crippen MR) is 104 cm³/mol. The van der Waals surface area contributed by atoms with Gasteiger partial charge in [0.15, 0.2) is 11.2 Å². The topological polar surface area (TPSA) is 76.0 Å². The molecule has 4 rings (SSSR count). The minimum Gasteiger partial charge on any atom is -0.468 e. The van der Waals surface area contributed by atoms with Crippen molar-refractivity contribution in [3.05, 3.63) is 55.8 Å².